The molecule has 0 bridgehead atoms. The Balaban J connectivity index is 2.24. The van der Waals surface area contributed by atoms with Crippen molar-refractivity contribution in [3.05, 3.63) is 48.6 Å². The highest BCUT2D eigenvalue weighted by Gasteiger charge is 2.44. The van der Waals surface area contributed by atoms with Gasteiger partial charge in [-0.05, 0) is 51.4 Å². The molecule has 0 aliphatic carbocycles. The van der Waals surface area contributed by atoms with E-state index >= 15 is 0 Å². The predicted octanol–water partition coefficient (Wildman–Crippen LogP) is 12.8. The summed E-state index contributed by atoms with van der Waals surface area (Å²) in [6.45, 7) is 3.33. The van der Waals surface area contributed by atoms with E-state index in [0.29, 0.717) is 6.42 Å². The minimum Gasteiger partial charge on any atom is -0.462 e. The second-order valence-electron chi connectivity index (χ2n) is 18.3. The smallest absolute Gasteiger partial charge is 0.306 e. The number of carbonyl (C=O) groups is 2. The Morgan fingerprint density at radius 2 is 0.908 bits per heavy atom. The highest BCUT2D eigenvalue weighted by Crippen LogP contribution is 2.23. The Morgan fingerprint density at radius 1 is 0.492 bits per heavy atom. The van der Waals surface area contributed by atoms with Crippen LogP contribution in [0.15, 0.2) is 48.6 Å². The average molecular weight is 919 g/mol. The van der Waals surface area contributed by atoms with Crippen LogP contribution in [-0.4, -0.2) is 89.0 Å². The van der Waals surface area contributed by atoms with Crippen molar-refractivity contribution in [3.63, 3.8) is 0 Å². The molecule has 1 heterocycles. The summed E-state index contributed by atoms with van der Waals surface area (Å²) in [5.41, 5.74) is 0. The number of rotatable bonds is 45. The summed E-state index contributed by atoms with van der Waals surface area (Å²) in [5.74, 6) is -0.814. The molecule has 10 heteroatoms. The van der Waals surface area contributed by atoms with Crippen LogP contribution in [0.25, 0.3) is 0 Å². The van der Waals surface area contributed by atoms with Crippen LogP contribution >= 0.6 is 0 Å². The molecule has 0 amide bonds. The number of esters is 2. The van der Waals surface area contributed by atoms with Gasteiger partial charge in [-0.15, -0.1) is 0 Å². The molecule has 0 saturated carbocycles. The van der Waals surface area contributed by atoms with Crippen LogP contribution in [0.4, 0.5) is 0 Å². The predicted molar refractivity (Wildman–Crippen MR) is 265 cm³/mol. The molecular weight excluding hydrogens is 821 g/mol. The second kappa shape index (κ2) is 45.4. The lowest BCUT2D eigenvalue weighted by Gasteiger charge is -2.39. The van der Waals surface area contributed by atoms with Crippen molar-refractivity contribution in [2.45, 2.75) is 269 Å². The number of carbonyl (C=O) groups excluding carboxylic acids is 2. The van der Waals surface area contributed by atoms with Gasteiger partial charge in [-0.2, -0.15) is 0 Å². The van der Waals surface area contributed by atoms with E-state index < -0.39 is 49.4 Å². The summed E-state index contributed by atoms with van der Waals surface area (Å²) in [6, 6.07) is 0. The third-order valence-corrected chi connectivity index (χ3v) is 12.2. The number of hydrogen-bond acceptors (Lipinski definition) is 10. The van der Waals surface area contributed by atoms with Gasteiger partial charge < -0.3 is 39.4 Å². The lowest BCUT2D eigenvalue weighted by atomic mass is 9.99. The lowest BCUT2D eigenvalue weighted by Crippen LogP contribution is -2.59. The first-order valence-corrected chi connectivity index (χ1v) is 26.7. The van der Waals surface area contributed by atoms with E-state index in [-0.39, 0.29) is 32.0 Å². The molecule has 0 spiro atoms. The molecule has 1 rings (SSSR count). The minimum atomic E-state index is -1.60. The molecule has 6 atom stereocenters. The molecule has 0 radical (unpaired) electrons. The van der Waals surface area contributed by atoms with Crippen LogP contribution in [0.5, 0.6) is 0 Å². The first kappa shape index (κ1) is 60.7. The molecule has 378 valence electrons. The molecule has 6 unspecified atom stereocenters. The van der Waals surface area contributed by atoms with Crippen molar-refractivity contribution >= 4 is 11.9 Å². The molecular formula is C55H98O10. The molecule has 1 saturated heterocycles. The number of ether oxygens (including phenoxy) is 4. The van der Waals surface area contributed by atoms with Gasteiger partial charge in [0.15, 0.2) is 12.4 Å². The highest BCUT2D eigenvalue weighted by atomic mass is 16.7. The molecule has 65 heavy (non-hydrogen) atoms. The van der Waals surface area contributed by atoms with E-state index in [0.717, 1.165) is 83.5 Å². The van der Waals surface area contributed by atoms with Crippen molar-refractivity contribution < 1.29 is 49.0 Å². The van der Waals surface area contributed by atoms with E-state index in [1.54, 1.807) is 0 Å². The Morgan fingerprint density at radius 3 is 1.37 bits per heavy atom. The van der Waals surface area contributed by atoms with Crippen LogP contribution in [0.3, 0.4) is 0 Å². The molecule has 1 aliphatic heterocycles. The van der Waals surface area contributed by atoms with E-state index in [9.17, 15) is 30.0 Å². The van der Waals surface area contributed by atoms with Gasteiger partial charge in [0.2, 0.25) is 0 Å². The first-order valence-electron chi connectivity index (χ1n) is 26.7. The highest BCUT2D eigenvalue weighted by molar-refractivity contribution is 5.70. The zero-order chi connectivity index (χ0) is 47.3. The third kappa shape index (κ3) is 36.4. The maximum atomic E-state index is 12.8. The fourth-order valence-corrected chi connectivity index (χ4v) is 8.06. The Kier molecular flexibility index (Phi) is 42.4. The van der Waals surface area contributed by atoms with Crippen LogP contribution in [0.2, 0.25) is 0 Å². The quantitative estimate of drug-likeness (QED) is 0.0264. The SMILES string of the molecule is CC/C=C\C/C=C\C/C=C\C/C=C\CCCCCCCCC(=O)OC(COC(=O)CCCCCCCCCCCCCCCCCCCCCCC)COC1OC(CO)C(O)C(O)C1O. The molecule has 10 nitrogen and oxygen atoms in total. The average Bonchev–Trinajstić information content (AvgIpc) is 3.30. The van der Waals surface area contributed by atoms with E-state index in [1.165, 1.54) is 116 Å². The lowest BCUT2D eigenvalue weighted by molar-refractivity contribution is -0.305. The fraction of sp³-hybridized carbons (Fsp3) is 0.818. The van der Waals surface area contributed by atoms with Crippen molar-refractivity contribution in [3.8, 4) is 0 Å². The summed E-state index contributed by atoms with van der Waals surface area (Å²) in [7, 11) is 0. The monoisotopic (exact) mass is 919 g/mol. The first-order chi connectivity index (χ1) is 31.8. The summed E-state index contributed by atoms with van der Waals surface area (Å²) in [5, 5.41) is 40.2. The zero-order valence-corrected chi connectivity index (χ0v) is 41.5. The molecule has 1 fully saturated rings. The van der Waals surface area contributed by atoms with Crippen molar-refractivity contribution in [2.24, 2.45) is 0 Å². The van der Waals surface area contributed by atoms with Gasteiger partial charge in [-0.3, -0.25) is 9.59 Å². The normalized spacial score (nSPS) is 19.6. The van der Waals surface area contributed by atoms with Gasteiger partial charge >= 0.3 is 11.9 Å². The summed E-state index contributed by atoms with van der Waals surface area (Å²) in [4.78, 5) is 25.5. The standard InChI is InChI=1S/C55H98O10/c1-3-5-7-9-11-13-15-17-19-21-23-24-26-27-29-31-33-35-37-39-41-43-50(57)62-46-48(47-63-55-54(61)53(60)52(59)49(45-56)65-55)64-51(58)44-42-40-38-36-34-32-30-28-25-22-20-18-16-14-12-10-8-6-4-2/h6,8,12,14,18,20,25,28,48-49,52-56,59-61H,3-5,7,9-11,13,15-17,19,21-24,26-27,29-47H2,1-2H3/b8-6-,14-12-,20-18-,28-25-. The molecule has 4 N–H and O–H groups in total. The van der Waals surface area contributed by atoms with E-state index in [2.05, 4.69) is 62.5 Å². The van der Waals surface area contributed by atoms with Crippen LogP contribution in [-0.2, 0) is 28.5 Å². The topological polar surface area (TPSA) is 152 Å². The number of unbranched alkanes of at least 4 members (excludes halogenated alkanes) is 26. The van der Waals surface area contributed by atoms with E-state index in [4.69, 9.17) is 18.9 Å². The number of hydrogen-bond donors (Lipinski definition) is 4. The maximum Gasteiger partial charge on any atom is 0.306 e. The van der Waals surface area contributed by atoms with E-state index in [1.807, 2.05) is 0 Å². The largest absolute Gasteiger partial charge is 0.462 e. The van der Waals surface area contributed by atoms with Crippen LogP contribution in [0, 0.1) is 0 Å². The Bertz CT molecular complexity index is 1200. The summed E-state index contributed by atoms with van der Waals surface area (Å²) >= 11 is 0. The van der Waals surface area contributed by atoms with Gasteiger partial charge in [0.05, 0.1) is 13.2 Å². The van der Waals surface area contributed by atoms with Gasteiger partial charge in [0, 0.05) is 12.8 Å². The van der Waals surface area contributed by atoms with Gasteiger partial charge in [0.1, 0.15) is 31.0 Å². The molecule has 0 aromatic carbocycles. The fourth-order valence-electron chi connectivity index (χ4n) is 8.06. The van der Waals surface area contributed by atoms with Gasteiger partial charge in [-0.25, -0.2) is 0 Å². The molecule has 0 aromatic rings. The number of allylic oxidation sites excluding steroid dienone is 8. The van der Waals surface area contributed by atoms with Gasteiger partial charge in [-0.1, -0.05) is 217 Å². The Hall–Kier alpha value is -2.34. The number of aliphatic hydroxyl groups excluding tert-OH is 4. The van der Waals surface area contributed by atoms with Crippen molar-refractivity contribution in [1.82, 2.24) is 0 Å². The van der Waals surface area contributed by atoms with Crippen molar-refractivity contribution in [2.75, 3.05) is 19.8 Å². The van der Waals surface area contributed by atoms with Crippen LogP contribution < -0.4 is 0 Å². The maximum absolute atomic E-state index is 12.8. The van der Waals surface area contributed by atoms with Crippen molar-refractivity contribution in [1.29, 1.82) is 0 Å². The van der Waals surface area contributed by atoms with Crippen LogP contribution in [0.1, 0.15) is 232 Å². The summed E-state index contributed by atoms with van der Waals surface area (Å²) < 4.78 is 22.3. The second-order valence-corrected chi connectivity index (χ2v) is 18.3. The zero-order valence-electron chi connectivity index (χ0n) is 41.5. The van der Waals surface area contributed by atoms with Gasteiger partial charge in [0.25, 0.3) is 0 Å². The summed E-state index contributed by atoms with van der Waals surface area (Å²) in [6.07, 6.45) is 48.3. The molecule has 1 aliphatic rings. The number of aliphatic hydroxyl groups is 4. The minimum absolute atomic E-state index is 0.214. The third-order valence-electron chi connectivity index (χ3n) is 12.2. The molecule has 0 aromatic heterocycles. The Labute approximate surface area is 397 Å².